The van der Waals surface area contributed by atoms with Crippen LogP contribution in [0.5, 0.6) is 0 Å². The topological polar surface area (TPSA) is 38.3 Å². The van der Waals surface area contributed by atoms with Crippen LogP contribution >= 0.6 is 11.6 Å². The lowest BCUT2D eigenvalue weighted by Crippen LogP contribution is -2.33. The zero-order valence-corrected chi connectivity index (χ0v) is 13.0. The predicted octanol–water partition coefficient (Wildman–Crippen LogP) is 4.27. The molecule has 0 aliphatic heterocycles. The molecule has 1 aromatic carbocycles. The van der Waals surface area contributed by atoms with E-state index < -0.39 is 11.7 Å². The molecule has 0 spiro atoms. The van der Waals surface area contributed by atoms with Gasteiger partial charge in [-0.3, -0.25) is 0 Å². The van der Waals surface area contributed by atoms with Crippen LogP contribution in [0.2, 0.25) is 0 Å². The molecule has 0 heterocycles. The molecule has 1 N–H and O–H groups in total. The largest absolute Gasteiger partial charge is 0.444 e. The van der Waals surface area contributed by atoms with E-state index in [1.165, 1.54) is 11.1 Å². The average Bonchev–Trinajstić information content (AvgIpc) is 2.38. The van der Waals surface area contributed by atoms with Crippen LogP contribution in [0.1, 0.15) is 32.8 Å². The van der Waals surface area contributed by atoms with E-state index in [0.717, 1.165) is 18.4 Å². The van der Waals surface area contributed by atoms with Crippen LogP contribution in [0, 0.1) is 0 Å². The number of aryl methyl sites for hydroxylation is 1. The Bertz CT molecular complexity index is 449. The summed E-state index contributed by atoms with van der Waals surface area (Å²) in [5, 5.41) is 2.71. The SMILES string of the molecule is CC(C)(C)OC(=O)NC/C(=C/Cl)CCc1ccccc1. The number of amides is 1. The molecule has 1 aromatic rings. The monoisotopic (exact) mass is 295 g/mol. The summed E-state index contributed by atoms with van der Waals surface area (Å²) >= 11 is 5.80. The van der Waals surface area contributed by atoms with Crippen molar-refractivity contribution in [1.29, 1.82) is 0 Å². The molecular weight excluding hydrogens is 274 g/mol. The second-order valence-corrected chi connectivity index (χ2v) is 5.83. The number of ether oxygens (including phenoxy) is 1. The van der Waals surface area contributed by atoms with Crippen LogP contribution in [0.25, 0.3) is 0 Å². The molecule has 20 heavy (non-hydrogen) atoms. The Hall–Kier alpha value is -1.48. The minimum atomic E-state index is -0.487. The molecule has 0 aromatic heterocycles. The summed E-state index contributed by atoms with van der Waals surface area (Å²) in [7, 11) is 0. The average molecular weight is 296 g/mol. The van der Waals surface area contributed by atoms with Crippen LogP contribution in [-0.4, -0.2) is 18.2 Å². The van der Waals surface area contributed by atoms with Gasteiger partial charge in [0.1, 0.15) is 5.60 Å². The van der Waals surface area contributed by atoms with Crippen molar-refractivity contribution in [3.63, 3.8) is 0 Å². The van der Waals surface area contributed by atoms with Crippen molar-refractivity contribution in [3.8, 4) is 0 Å². The van der Waals surface area contributed by atoms with Gasteiger partial charge in [-0.1, -0.05) is 41.9 Å². The summed E-state index contributed by atoms with van der Waals surface area (Å²) in [4.78, 5) is 11.5. The van der Waals surface area contributed by atoms with E-state index in [0.29, 0.717) is 6.54 Å². The Morgan fingerprint density at radius 1 is 1.30 bits per heavy atom. The highest BCUT2D eigenvalue weighted by atomic mass is 35.5. The highest BCUT2D eigenvalue weighted by Gasteiger charge is 2.15. The van der Waals surface area contributed by atoms with Gasteiger partial charge in [0.15, 0.2) is 0 Å². The zero-order chi connectivity index (χ0) is 15.0. The predicted molar refractivity (Wildman–Crippen MR) is 82.9 cm³/mol. The van der Waals surface area contributed by atoms with Crippen molar-refractivity contribution in [3.05, 3.63) is 47.0 Å². The van der Waals surface area contributed by atoms with E-state index in [4.69, 9.17) is 16.3 Å². The van der Waals surface area contributed by atoms with Crippen molar-refractivity contribution in [1.82, 2.24) is 5.32 Å². The number of benzene rings is 1. The van der Waals surface area contributed by atoms with E-state index in [-0.39, 0.29) is 0 Å². The summed E-state index contributed by atoms with van der Waals surface area (Å²) in [6.45, 7) is 5.91. The lowest BCUT2D eigenvalue weighted by atomic mass is 10.1. The molecule has 3 nitrogen and oxygen atoms in total. The van der Waals surface area contributed by atoms with Gasteiger partial charge in [0.25, 0.3) is 0 Å². The van der Waals surface area contributed by atoms with Gasteiger partial charge in [0, 0.05) is 12.1 Å². The Balaban J connectivity index is 2.36. The molecule has 110 valence electrons. The molecule has 0 fully saturated rings. The van der Waals surface area contributed by atoms with Gasteiger partial charge in [-0.15, -0.1) is 0 Å². The Morgan fingerprint density at radius 3 is 2.50 bits per heavy atom. The van der Waals surface area contributed by atoms with Crippen LogP contribution in [0.3, 0.4) is 0 Å². The van der Waals surface area contributed by atoms with E-state index in [2.05, 4.69) is 17.4 Å². The fourth-order valence-electron chi connectivity index (χ4n) is 1.63. The third kappa shape index (κ3) is 7.19. The van der Waals surface area contributed by atoms with Gasteiger partial charge in [-0.05, 0) is 44.7 Å². The fourth-order valence-corrected chi connectivity index (χ4v) is 1.82. The summed E-state index contributed by atoms with van der Waals surface area (Å²) in [6, 6.07) is 10.2. The first-order valence-electron chi connectivity index (χ1n) is 6.69. The van der Waals surface area contributed by atoms with Crippen molar-refractivity contribution in [2.75, 3.05) is 6.54 Å². The Morgan fingerprint density at radius 2 is 1.95 bits per heavy atom. The molecule has 0 aliphatic rings. The Labute approximate surface area is 126 Å². The van der Waals surface area contributed by atoms with Crippen molar-refractivity contribution >= 4 is 17.7 Å². The van der Waals surface area contributed by atoms with Crippen LogP contribution in [-0.2, 0) is 11.2 Å². The van der Waals surface area contributed by atoms with Crippen molar-refractivity contribution in [2.24, 2.45) is 0 Å². The van der Waals surface area contributed by atoms with Gasteiger partial charge in [-0.2, -0.15) is 0 Å². The fraction of sp³-hybridized carbons (Fsp3) is 0.438. The van der Waals surface area contributed by atoms with Crippen molar-refractivity contribution < 1.29 is 9.53 Å². The number of hydrogen-bond donors (Lipinski definition) is 1. The van der Waals surface area contributed by atoms with E-state index in [1.807, 2.05) is 39.0 Å². The minimum absolute atomic E-state index is 0.408. The molecule has 0 atom stereocenters. The standard InChI is InChI=1S/C16H22ClNO2/c1-16(2,3)20-15(19)18-12-14(11-17)10-9-13-7-5-4-6-8-13/h4-8,11H,9-10,12H2,1-3H3,(H,18,19)/b14-11+. The maximum absolute atomic E-state index is 11.5. The number of carbonyl (C=O) groups excluding carboxylic acids is 1. The second-order valence-electron chi connectivity index (χ2n) is 5.61. The van der Waals surface area contributed by atoms with Crippen LogP contribution < -0.4 is 5.32 Å². The minimum Gasteiger partial charge on any atom is -0.444 e. The van der Waals surface area contributed by atoms with E-state index >= 15 is 0 Å². The first kappa shape index (κ1) is 16.6. The first-order valence-corrected chi connectivity index (χ1v) is 7.13. The van der Waals surface area contributed by atoms with Gasteiger partial charge in [-0.25, -0.2) is 4.79 Å². The first-order chi connectivity index (χ1) is 9.40. The molecule has 0 aliphatic carbocycles. The van der Waals surface area contributed by atoms with Crippen LogP contribution in [0.4, 0.5) is 4.79 Å². The molecule has 0 radical (unpaired) electrons. The molecule has 1 amide bonds. The second kappa shape index (κ2) is 7.95. The highest BCUT2D eigenvalue weighted by molar-refractivity contribution is 6.25. The van der Waals surface area contributed by atoms with Crippen molar-refractivity contribution in [2.45, 2.75) is 39.2 Å². The molecule has 0 saturated carbocycles. The molecule has 0 bridgehead atoms. The van der Waals surface area contributed by atoms with E-state index in [1.54, 1.807) is 0 Å². The van der Waals surface area contributed by atoms with Gasteiger partial charge in [0.05, 0.1) is 0 Å². The molecular formula is C16H22ClNO2. The zero-order valence-electron chi connectivity index (χ0n) is 12.3. The number of alkyl carbamates (subject to hydrolysis) is 1. The van der Waals surface area contributed by atoms with Gasteiger partial charge >= 0.3 is 6.09 Å². The normalized spacial score (nSPS) is 12.1. The smallest absolute Gasteiger partial charge is 0.407 e. The molecule has 1 rings (SSSR count). The quantitative estimate of drug-likeness (QED) is 0.881. The van der Waals surface area contributed by atoms with Crippen LogP contribution in [0.15, 0.2) is 41.4 Å². The van der Waals surface area contributed by atoms with Gasteiger partial charge < -0.3 is 10.1 Å². The number of carbonyl (C=O) groups is 1. The molecule has 4 heteroatoms. The number of nitrogens with one attached hydrogen (secondary N) is 1. The third-order valence-electron chi connectivity index (χ3n) is 2.59. The summed E-state index contributed by atoms with van der Waals surface area (Å²) in [5.74, 6) is 0. The van der Waals surface area contributed by atoms with E-state index in [9.17, 15) is 4.79 Å². The number of hydrogen-bond acceptors (Lipinski definition) is 2. The lowest BCUT2D eigenvalue weighted by Gasteiger charge is -2.20. The summed E-state index contributed by atoms with van der Waals surface area (Å²) in [6.07, 6.45) is 1.28. The maximum Gasteiger partial charge on any atom is 0.407 e. The molecule has 0 unspecified atom stereocenters. The third-order valence-corrected chi connectivity index (χ3v) is 2.90. The number of rotatable bonds is 5. The van der Waals surface area contributed by atoms with Gasteiger partial charge in [0.2, 0.25) is 0 Å². The summed E-state index contributed by atoms with van der Waals surface area (Å²) < 4.78 is 5.18. The highest BCUT2D eigenvalue weighted by Crippen LogP contribution is 2.10. The molecule has 0 saturated heterocycles. The number of halogens is 1. The lowest BCUT2D eigenvalue weighted by molar-refractivity contribution is 0.0532. The maximum atomic E-state index is 11.5. The Kier molecular flexibility index (Phi) is 6.59. The summed E-state index contributed by atoms with van der Waals surface area (Å²) in [5.41, 5.74) is 3.27.